The predicted octanol–water partition coefficient (Wildman–Crippen LogP) is 0.238. The zero-order chi connectivity index (χ0) is 23.4. The van der Waals surface area contributed by atoms with Gasteiger partial charge in [0.1, 0.15) is 18.1 Å². The van der Waals surface area contributed by atoms with Crippen molar-refractivity contribution in [1.82, 2.24) is 16.0 Å². The Bertz CT molecular complexity index is 589. The van der Waals surface area contributed by atoms with Gasteiger partial charge in [-0.1, -0.05) is 27.7 Å². The number of carbonyl (C=O) groups excluding carboxylic acids is 3. The van der Waals surface area contributed by atoms with Crippen LogP contribution in [0.3, 0.4) is 0 Å². The monoisotopic (exact) mass is 464 g/mol. The first-order valence-corrected chi connectivity index (χ1v) is 12.0. The molecule has 0 spiro atoms. The van der Waals surface area contributed by atoms with Crippen LogP contribution in [-0.4, -0.2) is 70.7 Å². The maximum absolute atomic E-state index is 12.7. The second kappa shape index (κ2) is 14.5. The molecule has 0 aromatic carbocycles. The Morgan fingerprint density at radius 2 is 1.43 bits per heavy atom. The van der Waals surface area contributed by atoms with E-state index in [0.29, 0.717) is 12.2 Å². The zero-order valence-electron chi connectivity index (χ0n) is 18.3. The van der Waals surface area contributed by atoms with Crippen LogP contribution < -0.4 is 21.7 Å². The van der Waals surface area contributed by atoms with Crippen molar-refractivity contribution in [2.75, 3.05) is 17.8 Å². The van der Waals surface area contributed by atoms with E-state index in [4.69, 9.17) is 5.73 Å². The molecule has 3 amide bonds. The van der Waals surface area contributed by atoms with Crippen molar-refractivity contribution in [3.63, 3.8) is 0 Å². The van der Waals surface area contributed by atoms with Crippen molar-refractivity contribution in [2.45, 2.75) is 64.7 Å². The topological polar surface area (TPSA) is 151 Å². The van der Waals surface area contributed by atoms with E-state index in [1.165, 1.54) is 11.8 Å². The molecular weight excluding hydrogens is 428 g/mol. The van der Waals surface area contributed by atoms with Crippen LogP contribution in [0.15, 0.2) is 0 Å². The number of carbonyl (C=O) groups is 4. The van der Waals surface area contributed by atoms with E-state index in [1.807, 2.05) is 20.1 Å². The lowest BCUT2D eigenvalue weighted by Gasteiger charge is -2.26. The third-order valence-corrected chi connectivity index (χ3v) is 5.41. The van der Waals surface area contributed by atoms with E-state index in [9.17, 15) is 24.3 Å². The maximum Gasteiger partial charge on any atom is 0.326 e. The molecule has 0 aromatic heterocycles. The Hall–Kier alpha value is -1.46. The second-order valence-corrected chi connectivity index (χ2v) is 9.24. The van der Waals surface area contributed by atoms with Gasteiger partial charge in [-0.3, -0.25) is 14.4 Å². The van der Waals surface area contributed by atoms with Gasteiger partial charge in [-0.05, 0) is 36.7 Å². The van der Waals surface area contributed by atoms with Gasteiger partial charge in [0.15, 0.2) is 0 Å². The first kappa shape index (κ1) is 28.5. The lowest BCUT2D eigenvalue weighted by molar-refractivity contribution is -0.142. The molecule has 30 heavy (non-hydrogen) atoms. The molecule has 0 aliphatic rings. The lowest BCUT2D eigenvalue weighted by Crippen LogP contribution is -2.58. The third-order valence-electron chi connectivity index (χ3n) is 4.40. The Labute approximate surface area is 188 Å². The number of aliphatic carboxylic acids is 1. The summed E-state index contributed by atoms with van der Waals surface area (Å²) in [5, 5.41) is 17.0. The third kappa shape index (κ3) is 10.5. The Balaban J connectivity index is 5.24. The van der Waals surface area contributed by atoms with Crippen molar-refractivity contribution in [3.8, 4) is 0 Å². The molecule has 0 saturated heterocycles. The molecule has 0 radical (unpaired) electrons. The summed E-state index contributed by atoms with van der Waals surface area (Å²) in [6.07, 6.45) is 2.43. The van der Waals surface area contributed by atoms with E-state index in [2.05, 4.69) is 28.6 Å². The molecule has 174 valence electrons. The van der Waals surface area contributed by atoms with E-state index < -0.39 is 47.9 Å². The molecule has 0 bridgehead atoms. The van der Waals surface area contributed by atoms with Crippen LogP contribution in [0.25, 0.3) is 0 Å². The summed E-state index contributed by atoms with van der Waals surface area (Å²) in [4.78, 5) is 49.0. The van der Waals surface area contributed by atoms with Gasteiger partial charge in [-0.25, -0.2) is 4.79 Å². The normalized spacial score (nSPS) is 15.2. The Morgan fingerprint density at radius 1 is 0.933 bits per heavy atom. The fourth-order valence-corrected chi connectivity index (χ4v) is 3.23. The van der Waals surface area contributed by atoms with Crippen LogP contribution in [0.2, 0.25) is 0 Å². The second-order valence-electron chi connectivity index (χ2n) is 7.89. The number of thioether (sulfide) groups is 1. The molecule has 0 aromatic rings. The molecule has 0 saturated carbocycles. The van der Waals surface area contributed by atoms with Crippen molar-refractivity contribution < 1.29 is 24.3 Å². The summed E-state index contributed by atoms with van der Waals surface area (Å²) >= 11 is 5.60. The maximum atomic E-state index is 12.7. The Morgan fingerprint density at radius 3 is 1.87 bits per heavy atom. The van der Waals surface area contributed by atoms with Crippen molar-refractivity contribution in [3.05, 3.63) is 0 Å². The molecule has 6 N–H and O–H groups in total. The van der Waals surface area contributed by atoms with Gasteiger partial charge in [-0.15, -0.1) is 0 Å². The first-order chi connectivity index (χ1) is 13.9. The molecule has 0 rings (SSSR count). The van der Waals surface area contributed by atoms with E-state index in [-0.39, 0.29) is 24.0 Å². The minimum atomic E-state index is -1.13. The highest BCUT2D eigenvalue weighted by molar-refractivity contribution is 7.98. The molecule has 0 aliphatic heterocycles. The predicted molar refractivity (Wildman–Crippen MR) is 123 cm³/mol. The molecule has 0 heterocycles. The van der Waals surface area contributed by atoms with Crippen LogP contribution >= 0.6 is 24.4 Å². The zero-order valence-corrected chi connectivity index (χ0v) is 20.0. The average molecular weight is 465 g/mol. The van der Waals surface area contributed by atoms with Gasteiger partial charge in [0, 0.05) is 5.75 Å². The molecule has 0 aliphatic carbocycles. The fraction of sp³-hybridized carbons (Fsp3) is 0.789. The quantitative estimate of drug-likeness (QED) is 0.202. The van der Waals surface area contributed by atoms with E-state index >= 15 is 0 Å². The van der Waals surface area contributed by atoms with Crippen molar-refractivity contribution >= 4 is 48.1 Å². The summed E-state index contributed by atoms with van der Waals surface area (Å²) in [5.41, 5.74) is 5.81. The summed E-state index contributed by atoms with van der Waals surface area (Å²) in [5.74, 6) is -2.22. The van der Waals surface area contributed by atoms with E-state index in [0.717, 1.165) is 0 Å². The molecular formula is C19H36N4O5S2. The number of hydrogen-bond donors (Lipinski definition) is 6. The number of rotatable bonds is 14. The minimum Gasteiger partial charge on any atom is -0.480 e. The average Bonchev–Trinajstić information content (AvgIpc) is 2.66. The SMILES string of the molecule is CSCCC(NC(=O)C(CC(C)C)NC(=O)C(CS)NC(=O)C(N)C(C)C)C(=O)O. The number of carboxylic acids is 1. The largest absolute Gasteiger partial charge is 0.480 e. The highest BCUT2D eigenvalue weighted by atomic mass is 32.2. The molecule has 11 heteroatoms. The van der Waals surface area contributed by atoms with Crippen LogP contribution in [-0.2, 0) is 19.2 Å². The summed E-state index contributed by atoms with van der Waals surface area (Å²) in [7, 11) is 0. The summed E-state index contributed by atoms with van der Waals surface area (Å²) < 4.78 is 0. The number of nitrogens with two attached hydrogens (primary N) is 1. The summed E-state index contributed by atoms with van der Waals surface area (Å²) in [6, 6.07) is -3.73. The lowest BCUT2D eigenvalue weighted by atomic mass is 10.0. The van der Waals surface area contributed by atoms with Crippen molar-refractivity contribution in [2.24, 2.45) is 17.6 Å². The van der Waals surface area contributed by atoms with Crippen LogP contribution in [0.5, 0.6) is 0 Å². The van der Waals surface area contributed by atoms with E-state index in [1.54, 1.807) is 13.8 Å². The van der Waals surface area contributed by atoms with Crippen LogP contribution in [0.4, 0.5) is 0 Å². The highest BCUT2D eigenvalue weighted by Crippen LogP contribution is 2.08. The standard InChI is InChI=1S/C19H36N4O5S2/c1-10(2)8-13(16(24)21-12(19(27)28)6-7-30-5)22-17(25)14(9-29)23-18(26)15(20)11(3)4/h10-15,29H,6-9,20H2,1-5H3,(H,21,24)(H,22,25)(H,23,26)(H,27,28). The number of carboxylic acid groups (broad SMARTS) is 1. The molecule has 9 nitrogen and oxygen atoms in total. The van der Waals surface area contributed by atoms with Gasteiger partial charge in [0.2, 0.25) is 17.7 Å². The molecule has 4 unspecified atom stereocenters. The van der Waals surface area contributed by atoms with Gasteiger partial charge < -0.3 is 26.8 Å². The highest BCUT2D eigenvalue weighted by Gasteiger charge is 2.30. The van der Waals surface area contributed by atoms with Gasteiger partial charge >= 0.3 is 5.97 Å². The summed E-state index contributed by atoms with van der Waals surface area (Å²) in [6.45, 7) is 7.35. The first-order valence-electron chi connectivity index (χ1n) is 9.93. The number of hydrogen-bond acceptors (Lipinski definition) is 7. The Kier molecular flexibility index (Phi) is 13.8. The van der Waals surface area contributed by atoms with Gasteiger partial charge in [-0.2, -0.15) is 24.4 Å². The number of nitrogens with one attached hydrogen (secondary N) is 3. The molecule has 4 atom stereocenters. The van der Waals surface area contributed by atoms with Gasteiger partial charge in [0.05, 0.1) is 6.04 Å². The van der Waals surface area contributed by atoms with Crippen LogP contribution in [0.1, 0.15) is 40.5 Å². The van der Waals surface area contributed by atoms with Crippen molar-refractivity contribution in [1.29, 1.82) is 0 Å². The number of thiol groups is 1. The smallest absolute Gasteiger partial charge is 0.326 e. The minimum absolute atomic E-state index is 0.0177. The molecule has 0 fully saturated rings. The number of amides is 3. The fourth-order valence-electron chi connectivity index (χ4n) is 2.51. The van der Waals surface area contributed by atoms with Gasteiger partial charge in [0.25, 0.3) is 0 Å². The van der Waals surface area contributed by atoms with Crippen LogP contribution in [0, 0.1) is 11.8 Å².